The molecule has 1 aliphatic heterocycles. The number of amides is 3. The van der Waals surface area contributed by atoms with Crippen LogP contribution in [0.5, 0.6) is 0 Å². The highest BCUT2D eigenvalue weighted by Crippen LogP contribution is 2.27. The molecule has 2 rings (SSSR count). The Hall–Kier alpha value is -1.64. The lowest BCUT2D eigenvalue weighted by Crippen LogP contribution is -2.67. The minimum atomic E-state index is -1.43. The fraction of sp³-hybridized carbons (Fsp3) is 0.900. The number of aliphatic hydroxyl groups excluding tert-OH is 5. The largest absolute Gasteiger partial charge is 0.389 e. The van der Waals surface area contributed by atoms with Gasteiger partial charge in [0.25, 0.3) is 0 Å². The summed E-state index contributed by atoms with van der Waals surface area (Å²) < 4.78 is 11.5. The fourth-order valence-electron chi connectivity index (χ4n) is 5.24. The lowest BCUT2D eigenvalue weighted by atomic mass is 9.83. The monoisotopic (exact) mass is 694 g/mol. The molecule has 0 unspecified atom stereocenters. The van der Waals surface area contributed by atoms with E-state index in [9.17, 15) is 39.9 Å². The maximum atomic E-state index is 12.4. The van der Waals surface area contributed by atoms with Gasteiger partial charge in [-0.15, -0.1) is 0 Å². The van der Waals surface area contributed by atoms with Crippen LogP contribution in [0.25, 0.3) is 0 Å². The van der Waals surface area contributed by atoms with E-state index in [0.717, 1.165) is 24.3 Å². The van der Waals surface area contributed by atoms with Crippen LogP contribution in [0.3, 0.4) is 0 Å². The number of thioether (sulfide) groups is 1. The van der Waals surface area contributed by atoms with Crippen molar-refractivity contribution in [2.75, 3.05) is 31.1 Å². The van der Waals surface area contributed by atoms with E-state index < -0.39 is 78.5 Å². The van der Waals surface area contributed by atoms with Crippen molar-refractivity contribution in [1.82, 2.24) is 16.0 Å². The molecule has 0 aromatic rings. The molecule has 274 valence electrons. The maximum Gasteiger partial charge on any atom is 0.249 e. The first-order valence-electron chi connectivity index (χ1n) is 16.5. The topological polar surface area (TPSA) is 285 Å². The van der Waals surface area contributed by atoms with Crippen LogP contribution in [0, 0.1) is 5.41 Å². The second-order valence-electron chi connectivity index (χ2n) is 13.1. The Morgan fingerprint density at radius 2 is 1.55 bits per heavy atom. The van der Waals surface area contributed by atoms with Gasteiger partial charge in [-0.3, -0.25) is 14.4 Å². The molecule has 14 N–H and O–H groups in total. The molecule has 2 aliphatic rings. The number of unbranched alkanes of at least 4 members (excludes halogenated alkanes) is 2. The maximum absolute atomic E-state index is 12.4. The summed E-state index contributed by atoms with van der Waals surface area (Å²) in [7, 11) is 0. The quantitative estimate of drug-likeness (QED) is 0.0593. The van der Waals surface area contributed by atoms with E-state index in [2.05, 4.69) is 16.0 Å². The van der Waals surface area contributed by atoms with Gasteiger partial charge in [0.05, 0.1) is 12.1 Å². The molecule has 0 aromatic heterocycles. The number of hydrogen-bond acceptors (Lipinski definition) is 14. The second kappa shape index (κ2) is 20.1. The Labute approximate surface area is 281 Å². The van der Waals surface area contributed by atoms with Gasteiger partial charge >= 0.3 is 0 Å². The fourth-order valence-corrected chi connectivity index (χ4v) is 6.09. The summed E-state index contributed by atoms with van der Waals surface area (Å²) in [4.78, 5) is 36.4. The number of aliphatic hydroxyl groups is 5. The summed E-state index contributed by atoms with van der Waals surface area (Å²) in [6, 6.07) is -2.62. The highest BCUT2D eigenvalue weighted by Gasteiger charge is 2.48. The number of ether oxygens (including phenoxy) is 2. The summed E-state index contributed by atoms with van der Waals surface area (Å²) >= 11 is 1.68. The van der Waals surface area contributed by atoms with Crippen LogP contribution in [0.15, 0.2) is 0 Å². The van der Waals surface area contributed by atoms with Crippen molar-refractivity contribution in [1.29, 1.82) is 0 Å². The van der Waals surface area contributed by atoms with Crippen molar-refractivity contribution in [3.05, 3.63) is 0 Å². The Balaban J connectivity index is 1.56. The Bertz CT molecular complexity index is 983. The van der Waals surface area contributed by atoms with E-state index >= 15 is 0 Å². The standard InChI is InChI=1S/C30H58N6O10S/c1-4-30(2,3)27(43)28(44)35-10-9-20(38)34-11-13-47-12-7-5-6-8-19(37)36-15-18-23(40)24(41)21(33)29(45-18)46-26-17(32)14-16(31)22(39)25(26)42/h16-18,21-27,29,39-43H,4-15,31-33H2,1-3H3,(H,34,38)(H,35,44)(H,36,37)/t16-,17+,18-,21-,22+,23-,24-,25-,26-,27+,29-/m1/s1. The molecular weight excluding hydrogens is 636 g/mol. The molecule has 2 fully saturated rings. The first-order valence-corrected chi connectivity index (χ1v) is 17.6. The highest BCUT2D eigenvalue weighted by atomic mass is 32.2. The van der Waals surface area contributed by atoms with E-state index in [0.29, 0.717) is 19.4 Å². The van der Waals surface area contributed by atoms with E-state index in [1.165, 1.54) is 0 Å². The van der Waals surface area contributed by atoms with Gasteiger partial charge < -0.3 is 68.2 Å². The van der Waals surface area contributed by atoms with E-state index in [1.54, 1.807) is 11.8 Å². The van der Waals surface area contributed by atoms with Crippen LogP contribution < -0.4 is 33.2 Å². The molecule has 16 nitrogen and oxygen atoms in total. The Morgan fingerprint density at radius 1 is 0.872 bits per heavy atom. The summed E-state index contributed by atoms with van der Waals surface area (Å²) in [5.41, 5.74) is 17.3. The summed E-state index contributed by atoms with van der Waals surface area (Å²) in [6.45, 7) is 6.07. The molecular formula is C30H58N6O10S. The second-order valence-corrected chi connectivity index (χ2v) is 14.3. The van der Waals surface area contributed by atoms with Crippen LogP contribution in [0.2, 0.25) is 0 Å². The van der Waals surface area contributed by atoms with Crippen molar-refractivity contribution in [3.63, 3.8) is 0 Å². The van der Waals surface area contributed by atoms with Crippen molar-refractivity contribution in [2.24, 2.45) is 22.6 Å². The van der Waals surface area contributed by atoms with Crippen LogP contribution >= 0.6 is 11.8 Å². The highest BCUT2D eigenvalue weighted by molar-refractivity contribution is 7.99. The molecule has 11 atom stereocenters. The minimum absolute atomic E-state index is 0.108. The third kappa shape index (κ3) is 13.0. The lowest BCUT2D eigenvalue weighted by molar-refractivity contribution is -0.288. The first kappa shape index (κ1) is 41.5. The van der Waals surface area contributed by atoms with Gasteiger partial charge in [-0.2, -0.15) is 11.8 Å². The van der Waals surface area contributed by atoms with Gasteiger partial charge in [0.15, 0.2) is 6.29 Å². The molecule has 1 saturated carbocycles. The van der Waals surface area contributed by atoms with Crippen LogP contribution in [-0.2, 0) is 23.9 Å². The van der Waals surface area contributed by atoms with Gasteiger partial charge in [-0.05, 0) is 36.9 Å². The average Bonchev–Trinajstić information content (AvgIpc) is 3.03. The Morgan fingerprint density at radius 3 is 2.23 bits per heavy atom. The minimum Gasteiger partial charge on any atom is -0.389 e. The van der Waals surface area contributed by atoms with E-state index in [-0.39, 0.29) is 44.2 Å². The van der Waals surface area contributed by atoms with Crippen LogP contribution in [0.1, 0.15) is 65.7 Å². The number of rotatable bonds is 19. The third-order valence-electron chi connectivity index (χ3n) is 8.94. The molecule has 0 bridgehead atoms. The molecule has 1 heterocycles. The molecule has 17 heteroatoms. The van der Waals surface area contributed by atoms with Crippen molar-refractivity contribution in [2.45, 2.75) is 133 Å². The Kier molecular flexibility index (Phi) is 17.8. The van der Waals surface area contributed by atoms with E-state index in [4.69, 9.17) is 26.7 Å². The summed E-state index contributed by atoms with van der Waals surface area (Å²) in [5, 5.41) is 59.6. The van der Waals surface area contributed by atoms with Crippen molar-refractivity contribution < 1.29 is 49.4 Å². The van der Waals surface area contributed by atoms with Crippen molar-refractivity contribution >= 4 is 29.5 Å². The molecule has 0 spiro atoms. The molecule has 47 heavy (non-hydrogen) atoms. The molecule has 1 aliphatic carbocycles. The van der Waals surface area contributed by atoms with Gasteiger partial charge in [-0.25, -0.2) is 0 Å². The zero-order valence-corrected chi connectivity index (χ0v) is 28.6. The van der Waals surface area contributed by atoms with Crippen LogP contribution in [-0.4, -0.2) is 142 Å². The molecule has 1 saturated heterocycles. The molecule has 0 aromatic carbocycles. The average molecular weight is 695 g/mol. The molecule has 3 amide bonds. The lowest BCUT2D eigenvalue weighted by Gasteiger charge is -2.45. The number of nitrogens with one attached hydrogen (secondary N) is 3. The number of hydrogen-bond donors (Lipinski definition) is 11. The summed E-state index contributed by atoms with van der Waals surface area (Å²) in [6.07, 6.45) is -6.42. The van der Waals surface area contributed by atoms with Crippen LogP contribution in [0.4, 0.5) is 0 Å². The van der Waals surface area contributed by atoms with Crippen molar-refractivity contribution in [3.8, 4) is 0 Å². The van der Waals surface area contributed by atoms with Gasteiger partial charge in [-0.1, -0.05) is 27.2 Å². The first-order chi connectivity index (χ1) is 22.1. The smallest absolute Gasteiger partial charge is 0.249 e. The zero-order chi connectivity index (χ0) is 35.3. The van der Waals surface area contributed by atoms with Gasteiger partial charge in [0, 0.05) is 50.3 Å². The molecule has 0 radical (unpaired) electrons. The van der Waals surface area contributed by atoms with Gasteiger partial charge in [0.2, 0.25) is 17.7 Å². The summed E-state index contributed by atoms with van der Waals surface area (Å²) in [5.74, 6) is 0.689. The zero-order valence-electron chi connectivity index (χ0n) is 27.8. The number of carbonyl (C=O) groups is 3. The number of nitrogens with two attached hydrogens (primary N) is 3. The SMILES string of the molecule is CCC(C)(C)[C@@H](O)C(=O)NCCC(=O)NCCSCCCCCC(=O)NC[C@H]1O[C@H](O[C@H]2[C@H](O)[C@@H](O)[C@H](N)C[C@@H]2N)[C@H](N)[C@@H](O)[C@@H]1O. The normalized spacial score (nSPS) is 32.0. The number of carbonyl (C=O) groups excluding carboxylic acids is 3. The van der Waals surface area contributed by atoms with E-state index in [1.807, 2.05) is 20.8 Å². The predicted octanol–water partition coefficient (Wildman–Crippen LogP) is -3.24. The predicted molar refractivity (Wildman–Crippen MR) is 176 cm³/mol. The third-order valence-corrected chi connectivity index (χ3v) is 10.0. The van der Waals surface area contributed by atoms with Gasteiger partial charge in [0.1, 0.15) is 36.6 Å².